The Morgan fingerprint density at radius 1 is 0.536 bits per heavy atom. The van der Waals surface area contributed by atoms with Crippen LogP contribution >= 0.6 is 0 Å². The van der Waals surface area contributed by atoms with Crippen molar-refractivity contribution in [1.82, 2.24) is 0 Å². The van der Waals surface area contributed by atoms with Crippen molar-refractivity contribution >= 4 is 33.3 Å². The molecule has 0 radical (unpaired) electrons. The first kappa shape index (κ1) is 26.0. The molecule has 1 aromatic rings. The minimum atomic E-state index is -1.68. The second-order valence-corrected chi connectivity index (χ2v) is 28.2. The topological polar surface area (TPSA) is 18.5 Å². The molecule has 1 rings (SSSR count). The fourth-order valence-electron chi connectivity index (χ4n) is 3.58. The molecule has 0 bridgehead atoms. The van der Waals surface area contributed by atoms with Gasteiger partial charge in [0.2, 0.25) is 0 Å². The van der Waals surface area contributed by atoms with Crippen LogP contribution in [0.4, 0.5) is 0 Å². The van der Waals surface area contributed by atoms with E-state index in [9.17, 15) is 0 Å². The van der Waals surface area contributed by atoms with Crippen molar-refractivity contribution in [2.75, 3.05) is 0 Å². The van der Waals surface area contributed by atoms with Gasteiger partial charge in [-0.2, -0.15) is 0 Å². The van der Waals surface area contributed by atoms with Crippen molar-refractivity contribution < 1.29 is 8.23 Å². The molecule has 0 saturated heterocycles. The zero-order chi connectivity index (χ0) is 21.6. The zero-order valence-corrected chi connectivity index (χ0v) is 24.4. The van der Waals surface area contributed by atoms with E-state index in [1.165, 1.54) is 35.3 Å². The lowest BCUT2D eigenvalue weighted by atomic mass is 10.2. The molecule has 0 aromatic heterocycles. The van der Waals surface area contributed by atoms with E-state index < -0.39 is 33.3 Å². The van der Waals surface area contributed by atoms with Crippen LogP contribution in [0.15, 0.2) is 24.3 Å². The predicted molar refractivity (Wildman–Crippen MR) is 136 cm³/mol. The van der Waals surface area contributed by atoms with Gasteiger partial charge >= 0.3 is 0 Å². The molecule has 6 heteroatoms. The Morgan fingerprint density at radius 2 is 0.821 bits per heavy atom. The van der Waals surface area contributed by atoms with E-state index in [0.29, 0.717) is 0 Å². The van der Waals surface area contributed by atoms with Gasteiger partial charge in [-0.1, -0.05) is 52.0 Å². The summed E-state index contributed by atoms with van der Waals surface area (Å²) in [4.78, 5) is 0. The van der Waals surface area contributed by atoms with Gasteiger partial charge < -0.3 is 8.23 Å². The molecular weight excluding hydrogens is 409 g/mol. The van der Waals surface area contributed by atoms with Gasteiger partial charge in [-0.15, -0.1) is 0 Å². The average molecular weight is 455 g/mol. The molecule has 0 heterocycles. The molecule has 2 unspecified atom stereocenters. The average Bonchev–Trinajstić information content (AvgIpc) is 2.62. The molecule has 0 amide bonds. The zero-order valence-electron chi connectivity index (χ0n) is 20.4. The molecule has 0 aliphatic carbocycles. The molecule has 28 heavy (non-hydrogen) atoms. The number of hydrogen-bond donors (Lipinski definition) is 0. The largest absolute Gasteiger partial charge is 0.455 e. The molecule has 0 fully saturated rings. The van der Waals surface area contributed by atoms with E-state index in [0.717, 1.165) is 12.1 Å². The first-order chi connectivity index (χ1) is 12.8. The van der Waals surface area contributed by atoms with Crippen molar-refractivity contribution in [3.05, 3.63) is 35.4 Å². The van der Waals surface area contributed by atoms with Crippen molar-refractivity contribution in [2.24, 2.45) is 0 Å². The summed E-state index contributed by atoms with van der Waals surface area (Å²) in [6.45, 7) is 23.5. The molecule has 0 aliphatic heterocycles. The smallest absolute Gasteiger partial charge is 0.180 e. The van der Waals surface area contributed by atoms with Crippen molar-refractivity contribution in [1.29, 1.82) is 0 Å². The highest BCUT2D eigenvalue weighted by Gasteiger charge is 2.36. The van der Waals surface area contributed by atoms with Crippen LogP contribution in [-0.4, -0.2) is 33.3 Å². The normalized spacial score (nSPS) is 17.2. The lowest BCUT2D eigenvalue weighted by Gasteiger charge is -2.36. The molecule has 2 nitrogen and oxygen atoms in total. The minimum Gasteiger partial charge on any atom is -0.455 e. The van der Waals surface area contributed by atoms with Crippen LogP contribution in [-0.2, 0) is 20.3 Å². The number of rotatable bonds is 12. The summed E-state index contributed by atoms with van der Waals surface area (Å²) in [7, 11) is -6.37. The van der Waals surface area contributed by atoms with Gasteiger partial charge in [-0.25, -0.2) is 0 Å². The van der Waals surface area contributed by atoms with Crippen LogP contribution < -0.4 is 0 Å². The third-order valence-electron chi connectivity index (χ3n) is 6.42. The van der Waals surface area contributed by atoms with Crippen molar-refractivity contribution in [2.45, 2.75) is 103 Å². The van der Waals surface area contributed by atoms with Gasteiger partial charge in [-0.3, -0.25) is 0 Å². The maximum Gasteiger partial charge on any atom is 0.180 e. The first-order valence-corrected chi connectivity index (χ1v) is 23.2. The number of benzene rings is 1. The van der Waals surface area contributed by atoms with Crippen molar-refractivity contribution in [3.63, 3.8) is 0 Å². The molecule has 2 atom stereocenters. The number of hydrogen-bond acceptors (Lipinski definition) is 2. The van der Waals surface area contributed by atoms with Crippen LogP contribution in [0.3, 0.4) is 0 Å². The summed E-state index contributed by atoms with van der Waals surface area (Å²) in [5, 5.41) is 0. The Labute approximate surface area is 180 Å². The second kappa shape index (κ2) is 10.4. The molecule has 0 saturated carbocycles. The van der Waals surface area contributed by atoms with Crippen LogP contribution in [0.2, 0.25) is 63.5 Å². The first-order valence-electron chi connectivity index (χ1n) is 11.3. The highest BCUT2D eigenvalue weighted by molar-refractivity contribution is 6.85. The van der Waals surface area contributed by atoms with E-state index in [-0.39, 0.29) is 0 Å². The third kappa shape index (κ3) is 8.40. The van der Waals surface area contributed by atoms with Crippen molar-refractivity contribution in [3.8, 4) is 0 Å². The Kier molecular flexibility index (Phi) is 9.63. The van der Waals surface area contributed by atoms with Gasteiger partial charge in [0.25, 0.3) is 0 Å². The lowest BCUT2D eigenvalue weighted by molar-refractivity contribution is 0.529. The molecule has 162 valence electrons. The monoisotopic (exact) mass is 454 g/mol. The minimum absolute atomic E-state index is 1.13. The Hall–Kier alpha value is 0.00753. The van der Waals surface area contributed by atoms with Crippen LogP contribution in [0.5, 0.6) is 0 Å². The predicted octanol–water partition coefficient (Wildman–Crippen LogP) is 7.52. The van der Waals surface area contributed by atoms with E-state index >= 15 is 0 Å². The molecule has 0 N–H and O–H groups in total. The standard InChI is InChI=1S/C22H46O2Si4/c1-11-25(5,6)23-27(9,13-3)19-21-15-17-22(18-16-21)20-28(10,14-4)24-26(7,8)12-2/h15-18H,11-14,19-20H2,1-10H3. The summed E-state index contributed by atoms with van der Waals surface area (Å²) >= 11 is 0. The van der Waals surface area contributed by atoms with E-state index in [2.05, 4.69) is 91.2 Å². The van der Waals surface area contributed by atoms with Gasteiger partial charge in [0.15, 0.2) is 33.3 Å². The highest BCUT2D eigenvalue weighted by atomic mass is 28.4. The SMILES string of the molecule is CC[Si](C)(C)O[Si](C)(CC)Cc1ccc(C[Si](C)(CC)O[Si](C)(C)CC)cc1. The highest BCUT2D eigenvalue weighted by Crippen LogP contribution is 2.27. The maximum atomic E-state index is 6.79. The van der Waals surface area contributed by atoms with E-state index in [4.69, 9.17) is 8.23 Å². The maximum absolute atomic E-state index is 6.79. The Morgan fingerprint density at radius 3 is 1.04 bits per heavy atom. The lowest BCUT2D eigenvalue weighted by Crippen LogP contribution is -2.47. The van der Waals surface area contributed by atoms with Crippen LogP contribution in [0.1, 0.15) is 38.8 Å². The molecular formula is C22H46O2Si4. The van der Waals surface area contributed by atoms with Crippen LogP contribution in [0, 0.1) is 0 Å². The summed E-state index contributed by atoms with van der Waals surface area (Å²) in [6.07, 6.45) is 0. The fraction of sp³-hybridized carbons (Fsp3) is 0.727. The van der Waals surface area contributed by atoms with Gasteiger partial charge in [0.05, 0.1) is 0 Å². The molecule has 0 spiro atoms. The molecule has 1 aromatic carbocycles. The van der Waals surface area contributed by atoms with Gasteiger partial charge in [-0.05, 0) is 86.7 Å². The second-order valence-electron chi connectivity index (χ2n) is 10.2. The quantitative estimate of drug-likeness (QED) is 0.304. The summed E-state index contributed by atoms with van der Waals surface area (Å²) in [5.74, 6) is 0. The van der Waals surface area contributed by atoms with Crippen LogP contribution in [0.25, 0.3) is 0 Å². The molecule has 0 aliphatic rings. The summed E-state index contributed by atoms with van der Waals surface area (Å²) in [6, 6.07) is 16.5. The Bertz CT molecular complexity index is 550. The van der Waals surface area contributed by atoms with Gasteiger partial charge in [0.1, 0.15) is 0 Å². The van der Waals surface area contributed by atoms with E-state index in [1.54, 1.807) is 0 Å². The fourth-order valence-corrected chi connectivity index (χ4v) is 19.8. The summed E-state index contributed by atoms with van der Waals surface area (Å²) in [5.41, 5.74) is 2.90. The Balaban J connectivity index is 2.87. The van der Waals surface area contributed by atoms with Gasteiger partial charge in [0, 0.05) is 0 Å². The summed E-state index contributed by atoms with van der Waals surface area (Å²) < 4.78 is 13.6. The third-order valence-corrected chi connectivity index (χ3v) is 23.5. The van der Waals surface area contributed by atoms with E-state index in [1.807, 2.05) is 0 Å².